The number of carbonyl (C=O) groups excluding carboxylic acids is 1. The second-order valence-electron chi connectivity index (χ2n) is 6.78. The molecule has 1 amide bonds. The van der Waals surface area contributed by atoms with E-state index < -0.39 is 11.8 Å². The van der Waals surface area contributed by atoms with Crippen molar-refractivity contribution >= 4 is 5.91 Å². The molecule has 0 aliphatic carbocycles. The minimum atomic E-state index is -0.585. The van der Waals surface area contributed by atoms with Gasteiger partial charge in [-0.1, -0.05) is 19.0 Å². The van der Waals surface area contributed by atoms with Gasteiger partial charge in [-0.05, 0) is 44.4 Å². The zero-order valence-electron chi connectivity index (χ0n) is 15.3. The second-order valence-corrected chi connectivity index (χ2v) is 6.78. The first kappa shape index (κ1) is 17.8. The van der Waals surface area contributed by atoms with E-state index in [0.717, 1.165) is 11.4 Å². The number of hydrogen-bond acceptors (Lipinski definition) is 6. The number of primary amides is 1. The molecule has 0 radical (unpaired) electrons. The summed E-state index contributed by atoms with van der Waals surface area (Å²) in [6.07, 6.45) is 2.22. The van der Waals surface area contributed by atoms with E-state index in [0.29, 0.717) is 23.6 Å². The number of carbonyl (C=O) groups is 1. The molecule has 0 bridgehead atoms. The maximum atomic E-state index is 11.7. The average molecular weight is 354 g/mol. The summed E-state index contributed by atoms with van der Waals surface area (Å²) in [6.45, 7) is 7.93. The van der Waals surface area contributed by atoms with Crippen LogP contribution in [0.15, 0.2) is 28.9 Å². The zero-order chi connectivity index (χ0) is 18.8. The highest BCUT2D eigenvalue weighted by Crippen LogP contribution is 2.25. The molecule has 0 saturated carbocycles. The highest BCUT2D eigenvalue weighted by Gasteiger charge is 2.26. The van der Waals surface area contributed by atoms with Crippen molar-refractivity contribution in [2.45, 2.75) is 40.0 Å². The first-order chi connectivity index (χ1) is 12.3. The normalized spacial score (nSPS) is 12.5. The van der Waals surface area contributed by atoms with Crippen molar-refractivity contribution in [1.82, 2.24) is 24.9 Å². The molecule has 3 rings (SSSR count). The maximum Gasteiger partial charge on any atom is 0.239 e. The molecular weight excluding hydrogens is 332 g/mol. The molecule has 0 aliphatic rings. The van der Waals surface area contributed by atoms with Gasteiger partial charge < -0.3 is 10.3 Å². The number of aryl methyl sites for hydroxylation is 2. The van der Waals surface area contributed by atoms with E-state index in [9.17, 15) is 4.79 Å². The van der Waals surface area contributed by atoms with Crippen molar-refractivity contribution in [3.05, 3.63) is 41.7 Å². The van der Waals surface area contributed by atoms with Crippen LogP contribution in [0.2, 0.25) is 0 Å². The van der Waals surface area contributed by atoms with Gasteiger partial charge in [0.2, 0.25) is 17.6 Å². The standard InChI is InChI=1S/C18H22N6O2/c1-10(2)7-14(16(19)25)18-21-17(23-26-18)13-5-6-15(20-9-13)24-12(4)8-11(3)22-24/h5-6,8-10,14H,7H2,1-4H3,(H2,19,25). The van der Waals surface area contributed by atoms with Crippen molar-refractivity contribution < 1.29 is 9.32 Å². The molecule has 0 aliphatic heterocycles. The van der Waals surface area contributed by atoms with Crippen LogP contribution in [-0.4, -0.2) is 30.8 Å². The topological polar surface area (TPSA) is 113 Å². The monoisotopic (exact) mass is 354 g/mol. The Labute approximate surface area is 151 Å². The second kappa shape index (κ2) is 7.07. The Morgan fingerprint density at radius 3 is 2.62 bits per heavy atom. The Hall–Kier alpha value is -3.03. The van der Waals surface area contributed by atoms with Crippen LogP contribution >= 0.6 is 0 Å². The van der Waals surface area contributed by atoms with Crippen LogP contribution in [0.4, 0.5) is 0 Å². The summed E-state index contributed by atoms with van der Waals surface area (Å²) in [4.78, 5) is 20.5. The predicted octanol–water partition coefficient (Wildman–Crippen LogP) is 2.55. The van der Waals surface area contributed by atoms with Crippen molar-refractivity contribution in [1.29, 1.82) is 0 Å². The van der Waals surface area contributed by atoms with Crippen LogP contribution in [0, 0.1) is 19.8 Å². The van der Waals surface area contributed by atoms with Crippen LogP contribution in [0.5, 0.6) is 0 Å². The number of hydrogen-bond donors (Lipinski definition) is 1. The smallest absolute Gasteiger partial charge is 0.239 e. The van der Waals surface area contributed by atoms with Gasteiger partial charge in [0.05, 0.1) is 5.69 Å². The lowest BCUT2D eigenvalue weighted by molar-refractivity contribution is -0.120. The molecule has 8 nitrogen and oxygen atoms in total. The quantitative estimate of drug-likeness (QED) is 0.728. The first-order valence-corrected chi connectivity index (χ1v) is 8.48. The van der Waals surface area contributed by atoms with E-state index in [2.05, 4.69) is 20.2 Å². The molecule has 0 saturated heterocycles. The Morgan fingerprint density at radius 1 is 1.31 bits per heavy atom. The van der Waals surface area contributed by atoms with Crippen LogP contribution < -0.4 is 5.73 Å². The molecule has 0 fully saturated rings. The molecule has 2 N–H and O–H groups in total. The number of nitrogens with zero attached hydrogens (tertiary/aromatic N) is 5. The molecule has 0 spiro atoms. The largest absolute Gasteiger partial charge is 0.369 e. The fraction of sp³-hybridized carbons (Fsp3) is 0.389. The summed E-state index contributed by atoms with van der Waals surface area (Å²) >= 11 is 0. The molecule has 1 unspecified atom stereocenters. The van der Waals surface area contributed by atoms with E-state index in [1.54, 1.807) is 10.9 Å². The highest BCUT2D eigenvalue weighted by atomic mass is 16.5. The van der Waals surface area contributed by atoms with E-state index in [-0.39, 0.29) is 11.8 Å². The number of rotatable bonds is 6. The number of amides is 1. The third kappa shape index (κ3) is 3.63. The molecule has 3 aromatic rings. The highest BCUT2D eigenvalue weighted by molar-refractivity contribution is 5.80. The summed E-state index contributed by atoms with van der Waals surface area (Å²) in [7, 11) is 0. The lowest BCUT2D eigenvalue weighted by Gasteiger charge is -2.10. The predicted molar refractivity (Wildman–Crippen MR) is 95.5 cm³/mol. The Morgan fingerprint density at radius 2 is 2.08 bits per heavy atom. The average Bonchev–Trinajstić information content (AvgIpc) is 3.19. The van der Waals surface area contributed by atoms with Crippen molar-refractivity contribution in [2.75, 3.05) is 0 Å². The molecule has 136 valence electrons. The lowest BCUT2D eigenvalue weighted by atomic mass is 9.96. The minimum Gasteiger partial charge on any atom is -0.369 e. The molecule has 0 aromatic carbocycles. The maximum absolute atomic E-state index is 11.7. The molecule has 3 aromatic heterocycles. The Bertz CT molecular complexity index is 910. The van der Waals surface area contributed by atoms with Gasteiger partial charge in [-0.25, -0.2) is 9.67 Å². The van der Waals surface area contributed by atoms with Crippen molar-refractivity contribution in [3.63, 3.8) is 0 Å². The SMILES string of the molecule is Cc1cc(C)n(-c2ccc(-c3noc(C(CC(C)C)C(N)=O)n3)cn2)n1. The summed E-state index contributed by atoms with van der Waals surface area (Å²) in [5.41, 5.74) is 8.10. The Balaban J connectivity index is 1.85. The van der Waals surface area contributed by atoms with E-state index >= 15 is 0 Å². The van der Waals surface area contributed by atoms with Gasteiger partial charge in [-0.2, -0.15) is 10.1 Å². The molecule has 26 heavy (non-hydrogen) atoms. The number of pyridine rings is 1. The number of aromatic nitrogens is 5. The van der Waals surface area contributed by atoms with Gasteiger partial charge in [-0.3, -0.25) is 4.79 Å². The van der Waals surface area contributed by atoms with E-state index in [4.69, 9.17) is 10.3 Å². The van der Waals surface area contributed by atoms with Crippen LogP contribution in [0.3, 0.4) is 0 Å². The molecule has 8 heteroatoms. The fourth-order valence-electron chi connectivity index (χ4n) is 2.81. The van der Waals surface area contributed by atoms with Crippen LogP contribution in [0.1, 0.15) is 43.5 Å². The third-order valence-corrected chi connectivity index (χ3v) is 4.02. The summed E-state index contributed by atoms with van der Waals surface area (Å²) < 4.78 is 7.04. The lowest BCUT2D eigenvalue weighted by Crippen LogP contribution is -2.23. The van der Waals surface area contributed by atoms with Crippen molar-refractivity contribution in [2.24, 2.45) is 11.7 Å². The van der Waals surface area contributed by atoms with Gasteiger partial charge in [-0.15, -0.1) is 0 Å². The van der Waals surface area contributed by atoms with Gasteiger partial charge in [0.25, 0.3) is 0 Å². The van der Waals surface area contributed by atoms with Crippen LogP contribution in [0.25, 0.3) is 17.2 Å². The van der Waals surface area contributed by atoms with Gasteiger partial charge in [0.15, 0.2) is 5.82 Å². The fourth-order valence-corrected chi connectivity index (χ4v) is 2.81. The number of nitrogens with two attached hydrogens (primary N) is 1. The van der Waals surface area contributed by atoms with Crippen LogP contribution in [-0.2, 0) is 4.79 Å². The van der Waals surface area contributed by atoms with Gasteiger partial charge in [0, 0.05) is 17.5 Å². The summed E-state index contributed by atoms with van der Waals surface area (Å²) in [6, 6.07) is 5.67. The van der Waals surface area contributed by atoms with Crippen molar-refractivity contribution in [3.8, 4) is 17.2 Å². The summed E-state index contributed by atoms with van der Waals surface area (Å²) in [5.74, 6) is 0.554. The minimum absolute atomic E-state index is 0.240. The molecule has 1 atom stereocenters. The van der Waals surface area contributed by atoms with E-state index in [1.165, 1.54) is 0 Å². The molecule has 3 heterocycles. The Kier molecular flexibility index (Phi) is 4.83. The summed E-state index contributed by atoms with van der Waals surface area (Å²) in [5, 5.41) is 8.37. The third-order valence-electron chi connectivity index (χ3n) is 4.02. The first-order valence-electron chi connectivity index (χ1n) is 8.48. The zero-order valence-corrected chi connectivity index (χ0v) is 15.3. The van der Waals surface area contributed by atoms with Gasteiger partial charge in [0.1, 0.15) is 5.92 Å². The van der Waals surface area contributed by atoms with Gasteiger partial charge >= 0.3 is 0 Å². The van der Waals surface area contributed by atoms with E-state index in [1.807, 2.05) is 45.9 Å². The molecular formula is C18H22N6O2.